The molecule has 0 fully saturated rings. The topological polar surface area (TPSA) is 4.93 Å². The van der Waals surface area contributed by atoms with Crippen LogP contribution in [-0.4, -0.2) is 13.4 Å². The molecule has 0 saturated heterocycles. The Morgan fingerprint density at radius 3 is 2.40 bits per heavy atom. The van der Waals surface area contributed by atoms with Crippen LogP contribution >= 0.6 is 0 Å². The number of aromatic nitrogens is 1. The van der Waals surface area contributed by atoms with Crippen LogP contribution in [0.5, 0.6) is 0 Å². The minimum Gasteiger partial charge on any atom is -0.352 e. The van der Waals surface area contributed by atoms with Gasteiger partial charge in [0.15, 0.2) is 0 Å². The summed E-state index contributed by atoms with van der Waals surface area (Å²) in [5.74, 6) is 0. The van der Waals surface area contributed by atoms with Gasteiger partial charge in [0.1, 0.15) is 8.80 Å². The van der Waals surface area contributed by atoms with E-state index in [1.807, 2.05) is 0 Å². The van der Waals surface area contributed by atoms with E-state index in [0.29, 0.717) is 0 Å². The highest BCUT2D eigenvalue weighted by molar-refractivity contribution is 6.72. The molecule has 0 amide bonds. The van der Waals surface area contributed by atoms with E-state index in [-0.39, 0.29) is 8.80 Å². The monoisotopic (exact) mass is 216 g/mol. The van der Waals surface area contributed by atoms with Crippen molar-refractivity contribution >= 4 is 25.0 Å². The van der Waals surface area contributed by atoms with Crippen LogP contribution in [0.3, 0.4) is 0 Å². The van der Waals surface area contributed by atoms with E-state index >= 15 is 0 Å². The van der Waals surface area contributed by atoms with Crippen LogP contribution in [0, 0.1) is 0 Å². The summed E-state index contributed by atoms with van der Waals surface area (Å²) in [4.78, 5) is 0. The summed E-state index contributed by atoms with van der Waals surface area (Å²) in [6.07, 6.45) is 0. The van der Waals surface area contributed by atoms with E-state index in [4.69, 9.17) is 0 Å². The van der Waals surface area contributed by atoms with Crippen molar-refractivity contribution in [3.8, 4) is 0 Å². The summed E-state index contributed by atoms with van der Waals surface area (Å²) in [6, 6.07) is 13.7. The number of benzene rings is 1. The van der Waals surface area contributed by atoms with Gasteiger partial charge in [-0.2, -0.15) is 0 Å². The Labute approximate surface area is 93.3 Å². The van der Waals surface area contributed by atoms with Gasteiger partial charge in [0, 0.05) is 17.9 Å². The highest BCUT2D eigenvalue weighted by Crippen LogP contribution is 2.14. The van der Waals surface area contributed by atoms with Crippen LogP contribution in [0.1, 0.15) is 13.8 Å². The number of fused-ring (bicyclic) bond motifs is 1. The first kappa shape index (κ1) is 10.5. The van der Waals surface area contributed by atoms with Crippen LogP contribution < -0.4 is 5.32 Å². The molecule has 0 bridgehead atoms. The van der Waals surface area contributed by atoms with Crippen LogP contribution in [-0.2, 0) is 7.05 Å². The van der Waals surface area contributed by atoms with Gasteiger partial charge in [0.25, 0.3) is 0 Å². The highest BCUT2D eigenvalue weighted by atomic mass is 28.3. The van der Waals surface area contributed by atoms with Crippen molar-refractivity contribution in [2.75, 3.05) is 0 Å². The van der Waals surface area contributed by atoms with Gasteiger partial charge in [0.05, 0.1) is 0 Å². The van der Waals surface area contributed by atoms with E-state index in [1.165, 1.54) is 23.0 Å². The number of nitrogens with zero attached hydrogens (tertiary/aromatic N) is 1. The van der Waals surface area contributed by atoms with Crippen molar-refractivity contribution in [3.63, 3.8) is 0 Å². The van der Waals surface area contributed by atoms with Gasteiger partial charge in [-0.3, -0.25) is 0 Å². The number of rotatable bonds is 3. The molecule has 0 aliphatic heterocycles. The maximum atomic E-state index is 2.39. The Morgan fingerprint density at radius 2 is 1.80 bits per heavy atom. The molecule has 2 heteroatoms. The Hall–Kier alpha value is -1.02. The molecule has 1 heterocycles. The minimum atomic E-state index is -0.329. The van der Waals surface area contributed by atoms with Gasteiger partial charge in [-0.05, 0) is 17.5 Å². The fraction of sp³-hybridized carbons (Fsp3) is 0.385. The molecule has 0 unspecified atom stereocenters. The Bertz CT molecular complexity index is 455. The molecule has 1 nitrogen and oxygen atoms in total. The second-order valence-corrected chi connectivity index (χ2v) is 7.09. The molecule has 1 aromatic carbocycles. The van der Waals surface area contributed by atoms with Gasteiger partial charge in [-0.25, -0.2) is 0 Å². The molecule has 2 aromatic rings. The Morgan fingerprint density at radius 1 is 1.13 bits per heavy atom. The molecule has 0 aliphatic rings. The lowest BCUT2D eigenvalue weighted by atomic mass is 10.2. The van der Waals surface area contributed by atoms with Crippen molar-refractivity contribution in [2.24, 2.45) is 7.05 Å². The molecule has 0 spiro atoms. The SMILES string of the molecule is CC[Si](CC)c1cc2ccccc2n1C. The molecular weight excluding hydrogens is 198 g/mol. The first-order valence-corrected chi connectivity index (χ1v) is 7.58. The maximum Gasteiger partial charge on any atom is 0.107 e. The Balaban J connectivity index is 2.57. The quantitative estimate of drug-likeness (QED) is 0.695. The van der Waals surface area contributed by atoms with Crippen LogP contribution in [0.15, 0.2) is 30.3 Å². The van der Waals surface area contributed by atoms with E-state index in [9.17, 15) is 0 Å². The summed E-state index contributed by atoms with van der Waals surface area (Å²) < 4.78 is 2.39. The zero-order valence-corrected chi connectivity index (χ0v) is 10.7. The number of hydrogen-bond donors (Lipinski definition) is 0. The van der Waals surface area contributed by atoms with Gasteiger partial charge in [0.2, 0.25) is 0 Å². The van der Waals surface area contributed by atoms with Crippen molar-refractivity contribution in [1.82, 2.24) is 4.57 Å². The third kappa shape index (κ3) is 1.74. The molecule has 2 rings (SSSR count). The summed E-state index contributed by atoms with van der Waals surface area (Å²) >= 11 is 0. The number of hydrogen-bond acceptors (Lipinski definition) is 0. The largest absolute Gasteiger partial charge is 0.352 e. The van der Waals surface area contributed by atoms with Crippen LogP contribution in [0.4, 0.5) is 0 Å². The summed E-state index contributed by atoms with van der Waals surface area (Å²) in [5, 5.41) is 2.96. The van der Waals surface area contributed by atoms with Crippen molar-refractivity contribution in [3.05, 3.63) is 30.3 Å². The molecule has 1 radical (unpaired) electrons. The fourth-order valence-corrected chi connectivity index (χ4v) is 4.42. The average molecular weight is 216 g/mol. The molecule has 0 N–H and O–H groups in total. The highest BCUT2D eigenvalue weighted by Gasteiger charge is 2.14. The lowest BCUT2D eigenvalue weighted by Crippen LogP contribution is -2.33. The van der Waals surface area contributed by atoms with Gasteiger partial charge < -0.3 is 4.57 Å². The summed E-state index contributed by atoms with van der Waals surface area (Å²) in [7, 11) is 1.87. The van der Waals surface area contributed by atoms with Crippen molar-refractivity contribution in [1.29, 1.82) is 0 Å². The third-order valence-corrected chi connectivity index (χ3v) is 6.08. The maximum absolute atomic E-state index is 2.39. The Kier molecular flexibility index (Phi) is 2.96. The summed E-state index contributed by atoms with van der Waals surface area (Å²) in [5.41, 5.74) is 1.37. The van der Waals surface area contributed by atoms with Crippen molar-refractivity contribution < 1.29 is 0 Å². The zero-order valence-electron chi connectivity index (χ0n) is 9.75. The van der Waals surface area contributed by atoms with Gasteiger partial charge in [-0.15, -0.1) is 0 Å². The van der Waals surface area contributed by atoms with Crippen LogP contribution in [0.25, 0.3) is 10.9 Å². The predicted molar refractivity (Wildman–Crippen MR) is 69.3 cm³/mol. The molecule has 0 aliphatic carbocycles. The van der Waals surface area contributed by atoms with E-state index in [2.05, 4.69) is 55.8 Å². The fourth-order valence-electron chi connectivity index (χ4n) is 2.24. The number of aryl methyl sites for hydroxylation is 1. The number of para-hydroxylation sites is 1. The molecule has 79 valence electrons. The first-order chi connectivity index (χ1) is 7.27. The standard InChI is InChI=1S/C13H18NSi/c1-4-15(5-2)13-10-11-8-6-7-9-12(11)14(13)3/h6-10H,4-5H2,1-3H3. The molecule has 1 aromatic heterocycles. The predicted octanol–water partition coefficient (Wildman–Crippen LogP) is 2.92. The zero-order chi connectivity index (χ0) is 10.8. The van der Waals surface area contributed by atoms with Gasteiger partial charge >= 0.3 is 0 Å². The van der Waals surface area contributed by atoms with Crippen LogP contribution in [0.2, 0.25) is 12.1 Å². The van der Waals surface area contributed by atoms with E-state index < -0.39 is 0 Å². The van der Waals surface area contributed by atoms with E-state index in [0.717, 1.165) is 0 Å². The average Bonchev–Trinajstić information content (AvgIpc) is 2.60. The molecule has 0 saturated carbocycles. The second-order valence-electron chi connectivity index (χ2n) is 3.96. The molecule has 0 atom stereocenters. The minimum absolute atomic E-state index is 0.329. The third-order valence-electron chi connectivity index (χ3n) is 3.17. The molecule has 15 heavy (non-hydrogen) atoms. The van der Waals surface area contributed by atoms with E-state index in [1.54, 1.807) is 5.32 Å². The van der Waals surface area contributed by atoms with Gasteiger partial charge in [-0.1, -0.05) is 44.1 Å². The van der Waals surface area contributed by atoms with Crippen molar-refractivity contribution in [2.45, 2.75) is 25.9 Å². The lowest BCUT2D eigenvalue weighted by Gasteiger charge is -2.11. The molecular formula is C13H18NSi. The second kappa shape index (κ2) is 4.23. The summed E-state index contributed by atoms with van der Waals surface area (Å²) in [6.45, 7) is 4.63. The normalized spacial score (nSPS) is 11.5. The first-order valence-electron chi connectivity index (χ1n) is 5.67. The lowest BCUT2D eigenvalue weighted by molar-refractivity contribution is 0.994. The smallest absolute Gasteiger partial charge is 0.107 e.